The molecule has 5 nitrogen and oxygen atoms in total. The Morgan fingerprint density at radius 1 is 1.07 bits per heavy atom. The number of amides is 1. The van der Waals surface area contributed by atoms with Crippen LogP contribution in [0.4, 0.5) is 23.2 Å². The van der Waals surface area contributed by atoms with Crippen molar-refractivity contribution < 1.29 is 26.9 Å². The van der Waals surface area contributed by atoms with Gasteiger partial charge in [-0.05, 0) is 35.7 Å². The van der Waals surface area contributed by atoms with Gasteiger partial charge in [-0.1, -0.05) is 29.4 Å². The van der Waals surface area contributed by atoms with Gasteiger partial charge in [0.15, 0.2) is 0 Å². The molecule has 4 rings (SSSR count). The number of carbonyl (C=O) groups excluding carboxylic acids is 1. The molecule has 1 aliphatic rings. The molecule has 1 amide bonds. The van der Waals surface area contributed by atoms with Crippen molar-refractivity contribution in [3.63, 3.8) is 0 Å². The summed E-state index contributed by atoms with van der Waals surface area (Å²) >= 11 is 0. The predicted molar refractivity (Wildman–Crippen MR) is 90.6 cm³/mol. The molecule has 1 aliphatic heterocycles. The number of fused-ring (bicyclic) bond motifs is 1. The first-order valence-electron chi connectivity index (χ1n) is 8.40. The normalized spacial score (nSPS) is 14.3. The van der Waals surface area contributed by atoms with Gasteiger partial charge in [0.2, 0.25) is 11.7 Å². The molecule has 0 bridgehead atoms. The molecule has 144 valence electrons. The molecule has 0 saturated carbocycles. The molecule has 2 heterocycles. The van der Waals surface area contributed by atoms with Crippen LogP contribution < -0.4 is 4.90 Å². The SMILES string of the molecule is O=C1CCc2cc(F)ccc2N1Cc1ccc(-c2noc(C(F)(F)F)n2)cc1. The third-order valence-electron chi connectivity index (χ3n) is 4.46. The van der Waals surface area contributed by atoms with Crippen molar-refractivity contribution in [1.82, 2.24) is 10.1 Å². The maximum Gasteiger partial charge on any atom is 0.471 e. The maximum atomic E-state index is 13.4. The van der Waals surface area contributed by atoms with E-state index in [4.69, 9.17) is 0 Å². The number of aryl methyl sites for hydroxylation is 1. The lowest BCUT2D eigenvalue weighted by Gasteiger charge is -2.29. The number of hydrogen-bond donors (Lipinski definition) is 0. The molecule has 2 aromatic carbocycles. The van der Waals surface area contributed by atoms with Crippen molar-refractivity contribution in [3.8, 4) is 11.4 Å². The number of rotatable bonds is 3. The van der Waals surface area contributed by atoms with E-state index in [0.717, 1.165) is 11.1 Å². The van der Waals surface area contributed by atoms with E-state index in [1.165, 1.54) is 12.1 Å². The van der Waals surface area contributed by atoms with E-state index in [1.807, 2.05) is 0 Å². The van der Waals surface area contributed by atoms with Crippen LogP contribution in [0.3, 0.4) is 0 Å². The van der Waals surface area contributed by atoms with Crippen molar-refractivity contribution in [2.24, 2.45) is 0 Å². The molecular formula is C19H13F4N3O2. The molecule has 1 aromatic heterocycles. The van der Waals surface area contributed by atoms with E-state index in [0.29, 0.717) is 17.7 Å². The third kappa shape index (κ3) is 3.47. The van der Waals surface area contributed by atoms with Gasteiger partial charge in [0.05, 0.1) is 6.54 Å². The Balaban J connectivity index is 1.55. The zero-order chi connectivity index (χ0) is 19.9. The van der Waals surface area contributed by atoms with Crippen molar-refractivity contribution in [3.05, 3.63) is 65.3 Å². The van der Waals surface area contributed by atoms with Gasteiger partial charge in [0.25, 0.3) is 0 Å². The average molecular weight is 391 g/mol. The van der Waals surface area contributed by atoms with Gasteiger partial charge < -0.3 is 9.42 Å². The first-order valence-corrected chi connectivity index (χ1v) is 8.40. The summed E-state index contributed by atoms with van der Waals surface area (Å²) in [5, 5.41) is 3.34. The van der Waals surface area contributed by atoms with Crippen molar-refractivity contribution in [2.75, 3.05) is 4.90 Å². The summed E-state index contributed by atoms with van der Waals surface area (Å²) in [4.78, 5) is 17.2. The number of hydrogen-bond acceptors (Lipinski definition) is 4. The van der Waals surface area contributed by atoms with Crippen LogP contribution in [0.25, 0.3) is 11.4 Å². The summed E-state index contributed by atoms with van der Waals surface area (Å²) in [5.41, 5.74) is 2.54. The highest BCUT2D eigenvalue weighted by Gasteiger charge is 2.38. The zero-order valence-electron chi connectivity index (χ0n) is 14.3. The molecule has 0 saturated heterocycles. The molecule has 0 atom stereocenters. The van der Waals surface area contributed by atoms with E-state index in [1.54, 1.807) is 35.2 Å². The highest BCUT2D eigenvalue weighted by molar-refractivity contribution is 5.96. The molecule has 0 fully saturated rings. The number of anilines is 1. The molecule has 3 aromatic rings. The molecule has 0 aliphatic carbocycles. The molecule has 9 heteroatoms. The third-order valence-corrected chi connectivity index (χ3v) is 4.46. The van der Waals surface area contributed by atoms with Crippen LogP contribution in [0.1, 0.15) is 23.4 Å². The number of alkyl halides is 3. The van der Waals surface area contributed by atoms with Crippen LogP contribution in [-0.4, -0.2) is 16.0 Å². The number of aromatic nitrogens is 2. The Bertz CT molecular complexity index is 1030. The monoisotopic (exact) mass is 391 g/mol. The zero-order valence-corrected chi connectivity index (χ0v) is 14.3. The van der Waals surface area contributed by atoms with E-state index in [2.05, 4.69) is 14.7 Å². The molecule has 0 radical (unpaired) electrons. The summed E-state index contributed by atoms with van der Waals surface area (Å²) in [6.45, 7) is 0.262. The molecule has 0 unspecified atom stereocenters. The molecule has 0 N–H and O–H groups in total. The fourth-order valence-electron chi connectivity index (χ4n) is 3.10. The lowest BCUT2D eigenvalue weighted by Crippen LogP contribution is -2.34. The van der Waals surface area contributed by atoms with Crippen molar-refractivity contribution in [2.45, 2.75) is 25.6 Å². The summed E-state index contributed by atoms with van der Waals surface area (Å²) in [5.74, 6) is -2.00. The minimum Gasteiger partial charge on any atom is -0.329 e. The highest BCUT2D eigenvalue weighted by atomic mass is 19.4. The van der Waals surface area contributed by atoms with Crippen LogP contribution >= 0.6 is 0 Å². The average Bonchev–Trinajstić information content (AvgIpc) is 3.15. The molecular weight excluding hydrogens is 378 g/mol. The minimum absolute atomic E-state index is 0.0730. The standard InChI is InChI=1S/C19H13F4N3O2/c20-14-6-7-15-13(9-14)5-8-16(27)26(15)10-11-1-3-12(4-2-11)17-24-18(28-25-17)19(21,22)23/h1-4,6-7,9H,5,8,10H2. The Labute approximate surface area is 156 Å². The summed E-state index contributed by atoms with van der Waals surface area (Å²) < 4.78 is 55.4. The van der Waals surface area contributed by atoms with Gasteiger partial charge in [-0.15, -0.1) is 0 Å². The number of carbonyl (C=O) groups is 1. The summed E-state index contributed by atoms with van der Waals surface area (Å²) in [6, 6.07) is 10.8. The second kappa shape index (κ2) is 6.74. The van der Waals surface area contributed by atoms with Crippen LogP contribution in [0.2, 0.25) is 0 Å². The molecule has 28 heavy (non-hydrogen) atoms. The number of halogens is 4. The first kappa shape index (κ1) is 18.1. The van der Waals surface area contributed by atoms with E-state index >= 15 is 0 Å². The maximum absolute atomic E-state index is 13.4. The Hall–Kier alpha value is -3.23. The van der Waals surface area contributed by atoms with Crippen LogP contribution in [-0.2, 0) is 23.9 Å². The van der Waals surface area contributed by atoms with Gasteiger partial charge >= 0.3 is 12.1 Å². The Morgan fingerprint density at radius 3 is 2.50 bits per heavy atom. The van der Waals surface area contributed by atoms with Crippen LogP contribution in [0.15, 0.2) is 47.0 Å². The Morgan fingerprint density at radius 2 is 1.82 bits per heavy atom. The van der Waals surface area contributed by atoms with E-state index < -0.39 is 12.1 Å². The van der Waals surface area contributed by atoms with Gasteiger partial charge in [0.1, 0.15) is 5.82 Å². The fourth-order valence-corrected chi connectivity index (χ4v) is 3.10. The Kier molecular flexibility index (Phi) is 4.37. The van der Waals surface area contributed by atoms with Crippen molar-refractivity contribution in [1.29, 1.82) is 0 Å². The van der Waals surface area contributed by atoms with Gasteiger partial charge in [0, 0.05) is 17.7 Å². The molecule has 0 spiro atoms. The predicted octanol–water partition coefficient (Wildman–Crippen LogP) is 4.37. The largest absolute Gasteiger partial charge is 0.471 e. The summed E-state index contributed by atoms with van der Waals surface area (Å²) in [6.07, 6.45) is -3.93. The van der Waals surface area contributed by atoms with Crippen molar-refractivity contribution >= 4 is 11.6 Å². The topological polar surface area (TPSA) is 59.2 Å². The number of benzene rings is 2. The lowest BCUT2D eigenvalue weighted by molar-refractivity contribution is -0.159. The second-order valence-corrected chi connectivity index (χ2v) is 6.37. The highest BCUT2D eigenvalue weighted by Crippen LogP contribution is 2.31. The van der Waals surface area contributed by atoms with E-state index in [-0.39, 0.29) is 30.5 Å². The first-order chi connectivity index (χ1) is 13.3. The smallest absolute Gasteiger partial charge is 0.329 e. The minimum atomic E-state index is -4.70. The van der Waals surface area contributed by atoms with Crippen LogP contribution in [0, 0.1) is 5.82 Å². The second-order valence-electron chi connectivity index (χ2n) is 6.37. The van der Waals surface area contributed by atoms with Crippen LogP contribution in [0.5, 0.6) is 0 Å². The van der Waals surface area contributed by atoms with E-state index in [9.17, 15) is 22.4 Å². The fraction of sp³-hybridized carbons (Fsp3) is 0.211. The quantitative estimate of drug-likeness (QED) is 0.622. The van der Waals surface area contributed by atoms with Gasteiger partial charge in [-0.3, -0.25) is 4.79 Å². The van der Waals surface area contributed by atoms with Gasteiger partial charge in [-0.2, -0.15) is 18.2 Å². The van der Waals surface area contributed by atoms with Gasteiger partial charge in [-0.25, -0.2) is 4.39 Å². The summed E-state index contributed by atoms with van der Waals surface area (Å²) in [7, 11) is 0. The number of nitrogens with zero attached hydrogens (tertiary/aromatic N) is 3. The lowest BCUT2D eigenvalue weighted by atomic mass is 10.00.